The fourth-order valence-corrected chi connectivity index (χ4v) is 4.35. The average molecular weight is 366 g/mol. The number of fused-ring (bicyclic) bond motifs is 1. The summed E-state index contributed by atoms with van der Waals surface area (Å²) in [6.07, 6.45) is 2.66. The van der Waals surface area contributed by atoms with Crippen LogP contribution in [0.5, 0.6) is 0 Å². The van der Waals surface area contributed by atoms with Crippen molar-refractivity contribution in [2.45, 2.75) is 20.3 Å². The Kier molecular flexibility index (Phi) is 4.59. The van der Waals surface area contributed by atoms with Crippen LogP contribution in [0.3, 0.4) is 0 Å². The molecule has 1 aliphatic heterocycles. The molecule has 1 fully saturated rings. The van der Waals surface area contributed by atoms with Crippen LogP contribution in [0.15, 0.2) is 36.7 Å². The van der Waals surface area contributed by atoms with Crippen molar-refractivity contribution >= 4 is 33.3 Å². The van der Waals surface area contributed by atoms with E-state index >= 15 is 0 Å². The molecule has 0 radical (unpaired) electrons. The lowest BCUT2D eigenvalue weighted by molar-refractivity contribution is 0.0746. The number of amides is 1. The molecule has 3 aromatic rings. The molecule has 0 aliphatic carbocycles. The van der Waals surface area contributed by atoms with E-state index in [1.807, 2.05) is 36.1 Å². The van der Waals surface area contributed by atoms with Crippen LogP contribution in [-0.2, 0) is 6.42 Å². The fraction of sp³-hybridized carbons (Fsp3) is 0.350. The zero-order valence-corrected chi connectivity index (χ0v) is 15.9. The van der Waals surface area contributed by atoms with E-state index < -0.39 is 0 Å². The van der Waals surface area contributed by atoms with Crippen molar-refractivity contribution in [1.29, 1.82) is 0 Å². The number of hydrogen-bond donors (Lipinski definition) is 0. The lowest BCUT2D eigenvalue weighted by Crippen LogP contribution is -2.49. The van der Waals surface area contributed by atoms with E-state index in [2.05, 4.69) is 27.9 Å². The maximum Gasteiger partial charge on any atom is 0.254 e. The lowest BCUT2D eigenvalue weighted by atomic mass is 10.1. The van der Waals surface area contributed by atoms with Crippen LogP contribution in [0, 0.1) is 6.92 Å². The van der Waals surface area contributed by atoms with Crippen LogP contribution in [0.1, 0.15) is 27.7 Å². The van der Waals surface area contributed by atoms with Crippen LogP contribution in [0.4, 0.5) is 5.82 Å². The molecule has 6 heteroatoms. The normalized spacial score (nSPS) is 14.8. The molecular weight excluding hydrogens is 344 g/mol. The molecule has 1 saturated heterocycles. The summed E-state index contributed by atoms with van der Waals surface area (Å²) in [6.45, 7) is 7.16. The molecule has 2 aromatic heterocycles. The number of thiophene rings is 1. The standard InChI is InChI=1S/C20H22N4OS/c1-3-15-12-17-18(21-13-22-19(17)26-15)23-8-10-24(11-9-23)20(25)16-7-5-4-6-14(16)2/h4-7,12-13H,3,8-11H2,1-2H3. The molecule has 134 valence electrons. The third-order valence-corrected chi connectivity index (χ3v) is 6.14. The summed E-state index contributed by atoms with van der Waals surface area (Å²) in [5.74, 6) is 1.12. The first-order valence-electron chi connectivity index (χ1n) is 9.00. The smallest absolute Gasteiger partial charge is 0.254 e. The first-order chi connectivity index (χ1) is 12.7. The Morgan fingerprint density at radius 2 is 1.92 bits per heavy atom. The van der Waals surface area contributed by atoms with Crippen molar-refractivity contribution in [3.63, 3.8) is 0 Å². The first-order valence-corrected chi connectivity index (χ1v) is 9.82. The number of rotatable bonds is 3. The maximum atomic E-state index is 12.8. The van der Waals surface area contributed by atoms with Gasteiger partial charge in [0, 0.05) is 36.6 Å². The second kappa shape index (κ2) is 7.03. The Balaban J connectivity index is 1.51. The van der Waals surface area contributed by atoms with Crippen molar-refractivity contribution in [2.75, 3.05) is 31.1 Å². The summed E-state index contributed by atoms with van der Waals surface area (Å²) in [6, 6.07) is 10.0. The molecule has 3 heterocycles. The van der Waals surface area contributed by atoms with Gasteiger partial charge in [0.15, 0.2) is 0 Å². The zero-order valence-electron chi connectivity index (χ0n) is 15.1. The molecule has 5 nitrogen and oxygen atoms in total. The highest BCUT2D eigenvalue weighted by Crippen LogP contribution is 2.31. The summed E-state index contributed by atoms with van der Waals surface area (Å²) in [5, 5.41) is 1.13. The highest BCUT2D eigenvalue weighted by Gasteiger charge is 2.25. The molecule has 26 heavy (non-hydrogen) atoms. The fourth-order valence-electron chi connectivity index (χ4n) is 3.42. The summed E-state index contributed by atoms with van der Waals surface area (Å²) in [4.78, 5) is 28.4. The Morgan fingerprint density at radius 3 is 2.65 bits per heavy atom. The maximum absolute atomic E-state index is 12.8. The van der Waals surface area contributed by atoms with Gasteiger partial charge in [-0.1, -0.05) is 25.1 Å². The van der Waals surface area contributed by atoms with Crippen molar-refractivity contribution in [3.8, 4) is 0 Å². The highest BCUT2D eigenvalue weighted by atomic mass is 32.1. The van der Waals surface area contributed by atoms with Crippen LogP contribution < -0.4 is 4.90 Å². The third-order valence-electron chi connectivity index (χ3n) is 4.95. The highest BCUT2D eigenvalue weighted by molar-refractivity contribution is 7.18. The van der Waals surface area contributed by atoms with Gasteiger partial charge in [-0.3, -0.25) is 4.79 Å². The first kappa shape index (κ1) is 17.0. The van der Waals surface area contributed by atoms with E-state index in [9.17, 15) is 4.79 Å². The quantitative estimate of drug-likeness (QED) is 0.712. The van der Waals surface area contributed by atoms with E-state index in [0.717, 1.165) is 46.7 Å². The minimum Gasteiger partial charge on any atom is -0.352 e. The summed E-state index contributed by atoms with van der Waals surface area (Å²) < 4.78 is 0. The molecule has 0 unspecified atom stereocenters. The number of benzene rings is 1. The molecule has 0 spiro atoms. The van der Waals surface area contributed by atoms with E-state index in [0.29, 0.717) is 13.1 Å². The van der Waals surface area contributed by atoms with Crippen molar-refractivity contribution in [1.82, 2.24) is 14.9 Å². The van der Waals surface area contributed by atoms with E-state index in [1.54, 1.807) is 17.7 Å². The van der Waals surface area contributed by atoms with Gasteiger partial charge in [-0.05, 0) is 31.0 Å². The third kappa shape index (κ3) is 3.05. The topological polar surface area (TPSA) is 49.3 Å². The predicted octanol–water partition coefficient (Wildman–Crippen LogP) is 3.52. The molecule has 1 aromatic carbocycles. The molecule has 0 N–H and O–H groups in total. The van der Waals surface area contributed by atoms with Crippen LogP contribution in [0.25, 0.3) is 10.2 Å². The molecular formula is C20H22N4OS. The summed E-state index contributed by atoms with van der Waals surface area (Å²) in [7, 11) is 0. The lowest BCUT2D eigenvalue weighted by Gasteiger charge is -2.35. The van der Waals surface area contributed by atoms with Crippen LogP contribution >= 0.6 is 11.3 Å². The Hall–Kier alpha value is -2.47. The van der Waals surface area contributed by atoms with E-state index in [-0.39, 0.29) is 5.91 Å². The Morgan fingerprint density at radius 1 is 1.15 bits per heavy atom. The van der Waals surface area contributed by atoms with Gasteiger partial charge in [0.1, 0.15) is 17.0 Å². The molecule has 1 aliphatic rings. The zero-order chi connectivity index (χ0) is 18.1. The van der Waals surface area contributed by atoms with E-state index in [1.165, 1.54) is 4.88 Å². The number of hydrogen-bond acceptors (Lipinski definition) is 5. The number of piperazine rings is 1. The Bertz CT molecular complexity index is 944. The van der Waals surface area contributed by atoms with Crippen molar-refractivity contribution in [3.05, 3.63) is 52.7 Å². The van der Waals surface area contributed by atoms with E-state index in [4.69, 9.17) is 0 Å². The van der Waals surface area contributed by atoms with Gasteiger partial charge in [0.2, 0.25) is 0 Å². The second-order valence-corrected chi connectivity index (χ2v) is 7.69. The largest absolute Gasteiger partial charge is 0.352 e. The number of nitrogens with zero attached hydrogens (tertiary/aromatic N) is 4. The van der Waals surface area contributed by atoms with Crippen molar-refractivity contribution < 1.29 is 4.79 Å². The number of anilines is 1. The monoisotopic (exact) mass is 366 g/mol. The van der Waals surface area contributed by atoms with Gasteiger partial charge >= 0.3 is 0 Å². The average Bonchev–Trinajstić information content (AvgIpc) is 3.11. The van der Waals surface area contributed by atoms with Crippen LogP contribution in [0.2, 0.25) is 0 Å². The summed E-state index contributed by atoms with van der Waals surface area (Å²) in [5.41, 5.74) is 1.83. The van der Waals surface area contributed by atoms with Gasteiger partial charge in [-0.2, -0.15) is 0 Å². The van der Waals surface area contributed by atoms with Crippen molar-refractivity contribution in [2.24, 2.45) is 0 Å². The van der Waals surface area contributed by atoms with Gasteiger partial charge in [-0.15, -0.1) is 11.3 Å². The van der Waals surface area contributed by atoms with Gasteiger partial charge in [-0.25, -0.2) is 9.97 Å². The number of carbonyl (C=O) groups is 1. The molecule has 0 atom stereocenters. The number of aryl methyl sites for hydroxylation is 2. The SMILES string of the molecule is CCc1cc2c(N3CCN(C(=O)c4ccccc4C)CC3)ncnc2s1. The summed E-state index contributed by atoms with van der Waals surface area (Å²) >= 11 is 1.74. The molecule has 1 amide bonds. The predicted molar refractivity (Wildman–Crippen MR) is 106 cm³/mol. The second-order valence-electron chi connectivity index (χ2n) is 6.58. The molecule has 0 bridgehead atoms. The molecule has 0 saturated carbocycles. The van der Waals surface area contributed by atoms with Gasteiger partial charge in [0.05, 0.1) is 5.39 Å². The minimum atomic E-state index is 0.124. The van der Waals surface area contributed by atoms with Gasteiger partial charge in [0.25, 0.3) is 5.91 Å². The Labute approximate surface area is 157 Å². The number of aromatic nitrogens is 2. The number of carbonyl (C=O) groups excluding carboxylic acids is 1. The van der Waals surface area contributed by atoms with Crippen LogP contribution in [-0.4, -0.2) is 47.0 Å². The van der Waals surface area contributed by atoms with Gasteiger partial charge < -0.3 is 9.80 Å². The minimum absolute atomic E-state index is 0.124. The molecule has 4 rings (SSSR count).